The Labute approximate surface area is 98.1 Å². The minimum absolute atomic E-state index is 0.107. The highest BCUT2D eigenvalue weighted by Crippen LogP contribution is 2.16. The third-order valence-corrected chi connectivity index (χ3v) is 3.47. The largest absolute Gasteiger partial charge is 0.307 e. The second-order valence-electron chi connectivity index (χ2n) is 4.72. The maximum absolute atomic E-state index is 13.5. The molecule has 0 amide bonds. The zero-order valence-electron chi connectivity index (χ0n) is 10.7. The molecule has 90 valence electrons. The van der Waals surface area contributed by atoms with Gasteiger partial charge in [-0.05, 0) is 32.8 Å². The fraction of sp³-hybridized carbons (Fsp3) is 0.571. The van der Waals surface area contributed by atoms with Crippen molar-refractivity contribution in [2.75, 3.05) is 0 Å². The van der Waals surface area contributed by atoms with Crippen LogP contribution in [0.1, 0.15) is 44.7 Å². The maximum Gasteiger partial charge on any atom is 0.127 e. The minimum atomic E-state index is -0.118. The summed E-state index contributed by atoms with van der Waals surface area (Å²) in [6.07, 6.45) is 2.11. The van der Waals surface area contributed by atoms with E-state index in [0.717, 1.165) is 24.0 Å². The summed E-state index contributed by atoms with van der Waals surface area (Å²) in [6, 6.07) is 5.26. The lowest BCUT2D eigenvalue weighted by atomic mass is 9.95. The average Bonchev–Trinajstić information content (AvgIpc) is 2.30. The number of aryl methyl sites for hydroxylation is 1. The van der Waals surface area contributed by atoms with Gasteiger partial charge in [0.15, 0.2) is 0 Å². The smallest absolute Gasteiger partial charge is 0.127 e. The van der Waals surface area contributed by atoms with Crippen LogP contribution in [-0.2, 0) is 6.54 Å². The molecule has 1 rings (SSSR count). The Kier molecular flexibility index (Phi) is 4.48. The summed E-state index contributed by atoms with van der Waals surface area (Å²) in [7, 11) is 0. The van der Waals surface area contributed by atoms with Crippen LogP contribution in [0.4, 0.5) is 4.39 Å². The summed E-state index contributed by atoms with van der Waals surface area (Å²) in [6.45, 7) is 9.08. The summed E-state index contributed by atoms with van der Waals surface area (Å²) < 4.78 is 13.5. The Morgan fingerprint density at radius 3 is 2.44 bits per heavy atom. The van der Waals surface area contributed by atoms with E-state index in [-0.39, 0.29) is 11.4 Å². The second-order valence-corrected chi connectivity index (χ2v) is 4.72. The zero-order chi connectivity index (χ0) is 12.2. The minimum Gasteiger partial charge on any atom is -0.307 e. The van der Waals surface area contributed by atoms with Gasteiger partial charge < -0.3 is 5.32 Å². The van der Waals surface area contributed by atoms with Crippen LogP contribution in [0.25, 0.3) is 0 Å². The first-order chi connectivity index (χ1) is 7.50. The van der Waals surface area contributed by atoms with E-state index in [2.05, 4.69) is 26.1 Å². The predicted molar refractivity (Wildman–Crippen MR) is 67.0 cm³/mol. The van der Waals surface area contributed by atoms with E-state index in [1.807, 2.05) is 13.0 Å². The van der Waals surface area contributed by atoms with E-state index < -0.39 is 0 Å². The molecule has 0 heterocycles. The van der Waals surface area contributed by atoms with Crippen LogP contribution >= 0.6 is 0 Å². The van der Waals surface area contributed by atoms with Crippen molar-refractivity contribution >= 4 is 0 Å². The molecule has 16 heavy (non-hydrogen) atoms. The quantitative estimate of drug-likeness (QED) is 0.800. The predicted octanol–water partition coefficient (Wildman–Crippen LogP) is 3.80. The van der Waals surface area contributed by atoms with Gasteiger partial charge in [-0.1, -0.05) is 31.5 Å². The molecule has 0 radical (unpaired) electrons. The van der Waals surface area contributed by atoms with Gasteiger partial charge in [0.2, 0.25) is 0 Å². The van der Waals surface area contributed by atoms with E-state index in [4.69, 9.17) is 0 Å². The van der Waals surface area contributed by atoms with Crippen molar-refractivity contribution in [3.05, 3.63) is 35.1 Å². The fourth-order valence-electron chi connectivity index (χ4n) is 1.65. The molecule has 0 spiro atoms. The highest BCUT2D eigenvalue weighted by molar-refractivity contribution is 5.24. The third-order valence-electron chi connectivity index (χ3n) is 3.47. The van der Waals surface area contributed by atoms with Crippen LogP contribution in [0.5, 0.6) is 0 Å². The van der Waals surface area contributed by atoms with E-state index in [0.29, 0.717) is 6.54 Å². The molecule has 1 nitrogen and oxygen atoms in total. The second kappa shape index (κ2) is 5.44. The van der Waals surface area contributed by atoms with Crippen molar-refractivity contribution in [2.45, 2.75) is 52.6 Å². The topological polar surface area (TPSA) is 12.0 Å². The van der Waals surface area contributed by atoms with Crippen LogP contribution in [0.15, 0.2) is 18.2 Å². The van der Waals surface area contributed by atoms with Gasteiger partial charge >= 0.3 is 0 Å². The van der Waals surface area contributed by atoms with Gasteiger partial charge in [0.25, 0.3) is 0 Å². The van der Waals surface area contributed by atoms with Crippen molar-refractivity contribution in [3.63, 3.8) is 0 Å². The molecule has 0 aliphatic carbocycles. The van der Waals surface area contributed by atoms with E-state index in [1.165, 1.54) is 0 Å². The molecule has 0 saturated carbocycles. The number of benzene rings is 1. The van der Waals surface area contributed by atoms with Crippen LogP contribution < -0.4 is 5.32 Å². The SMILES string of the molecule is CCC(C)(CC)NCc1cc(C)ccc1F. The molecule has 0 atom stereocenters. The van der Waals surface area contributed by atoms with Crippen molar-refractivity contribution < 1.29 is 4.39 Å². The Morgan fingerprint density at radius 1 is 1.25 bits per heavy atom. The van der Waals surface area contributed by atoms with Crippen LogP contribution in [0.3, 0.4) is 0 Å². The molecule has 0 unspecified atom stereocenters. The fourth-order valence-corrected chi connectivity index (χ4v) is 1.65. The average molecular weight is 223 g/mol. The van der Waals surface area contributed by atoms with Gasteiger partial charge in [-0.2, -0.15) is 0 Å². The number of halogens is 1. The molecular formula is C14H22FN. The molecule has 0 aliphatic heterocycles. The van der Waals surface area contributed by atoms with Gasteiger partial charge in [0, 0.05) is 17.6 Å². The Hall–Kier alpha value is -0.890. The van der Waals surface area contributed by atoms with E-state index >= 15 is 0 Å². The summed E-state index contributed by atoms with van der Waals surface area (Å²) in [5.41, 5.74) is 1.97. The summed E-state index contributed by atoms with van der Waals surface area (Å²) in [4.78, 5) is 0. The van der Waals surface area contributed by atoms with Crippen LogP contribution in [0, 0.1) is 12.7 Å². The molecule has 1 N–H and O–H groups in total. The van der Waals surface area contributed by atoms with Crippen molar-refractivity contribution in [1.82, 2.24) is 5.32 Å². The molecule has 0 aliphatic rings. The molecule has 2 heteroatoms. The highest BCUT2D eigenvalue weighted by atomic mass is 19.1. The molecule has 1 aromatic carbocycles. The maximum atomic E-state index is 13.5. The first-order valence-electron chi connectivity index (χ1n) is 6.01. The van der Waals surface area contributed by atoms with Gasteiger partial charge in [0.1, 0.15) is 5.82 Å². The Morgan fingerprint density at radius 2 is 1.88 bits per heavy atom. The van der Waals surface area contributed by atoms with E-state index in [9.17, 15) is 4.39 Å². The molecular weight excluding hydrogens is 201 g/mol. The van der Waals surface area contributed by atoms with Crippen molar-refractivity contribution in [3.8, 4) is 0 Å². The highest BCUT2D eigenvalue weighted by Gasteiger charge is 2.18. The first kappa shape index (κ1) is 13.2. The summed E-state index contributed by atoms with van der Waals surface area (Å²) >= 11 is 0. The van der Waals surface area contributed by atoms with Gasteiger partial charge in [-0.3, -0.25) is 0 Å². The monoisotopic (exact) mass is 223 g/mol. The lowest BCUT2D eigenvalue weighted by Crippen LogP contribution is -2.40. The number of hydrogen-bond acceptors (Lipinski definition) is 1. The number of rotatable bonds is 5. The summed E-state index contributed by atoms with van der Waals surface area (Å²) in [5.74, 6) is -0.118. The van der Waals surface area contributed by atoms with Crippen molar-refractivity contribution in [1.29, 1.82) is 0 Å². The molecule has 0 bridgehead atoms. The lowest BCUT2D eigenvalue weighted by molar-refractivity contribution is 0.327. The Balaban J connectivity index is 2.70. The Bertz CT molecular complexity index is 343. The lowest BCUT2D eigenvalue weighted by Gasteiger charge is -2.28. The van der Waals surface area contributed by atoms with Crippen molar-refractivity contribution in [2.24, 2.45) is 0 Å². The molecule has 0 fully saturated rings. The van der Waals surface area contributed by atoms with Crippen LogP contribution in [0.2, 0.25) is 0 Å². The summed E-state index contributed by atoms with van der Waals surface area (Å²) in [5, 5.41) is 3.44. The number of hydrogen-bond donors (Lipinski definition) is 1. The first-order valence-corrected chi connectivity index (χ1v) is 6.01. The third kappa shape index (κ3) is 3.31. The number of nitrogens with one attached hydrogen (secondary N) is 1. The van der Waals surface area contributed by atoms with Gasteiger partial charge in [0.05, 0.1) is 0 Å². The molecule has 0 aromatic heterocycles. The molecule has 1 aromatic rings. The standard InChI is InChI=1S/C14H22FN/c1-5-14(4,6-2)16-10-12-9-11(3)7-8-13(12)15/h7-9,16H,5-6,10H2,1-4H3. The van der Waals surface area contributed by atoms with E-state index in [1.54, 1.807) is 12.1 Å². The normalized spacial score (nSPS) is 11.8. The zero-order valence-corrected chi connectivity index (χ0v) is 10.7. The van der Waals surface area contributed by atoms with Gasteiger partial charge in [-0.15, -0.1) is 0 Å². The van der Waals surface area contributed by atoms with Crippen LogP contribution in [-0.4, -0.2) is 5.54 Å². The van der Waals surface area contributed by atoms with Gasteiger partial charge in [-0.25, -0.2) is 4.39 Å². The molecule has 0 saturated heterocycles.